The summed E-state index contributed by atoms with van der Waals surface area (Å²) in [6, 6.07) is 11.3. The molecule has 0 aromatic carbocycles. The second-order valence-electron chi connectivity index (χ2n) is 29.9. The number of esters is 1. The summed E-state index contributed by atoms with van der Waals surface area (Å²) in [7, 11) is 1.91. The van der Waals surface area contributed by atoms with Crippen LogP contribution in [0.3, 0.4) is 0 Å². The number of H-pyrrole nitrogens is 3. The topological polar surface area (TPSA) is 220 Å². The third-order valence-electron chi connectivity index (χ3n) is 12.0. The van der Waals surface area contributed by atoms with Crippen molar-refractivity contribution in [2.24, 2.45) is 12.5 Å². The van der Waals surface area contributed by atoms with Crippen LogP contribution in [0.15, 0.2) is 92.1 Å². The van der Waals surface area contributed by atoms with E-state index in [2.05, 4.69) is 286 Å². The number of carbonyl (C=O) groups excluding carboxylic acids is 1. The third-order valence-corrected chi connectivity index (χ3v) is 12.0. The maximum atomic E-state index is 10.6. The minimum atomic E-state index is -0.222. The minimum absolute atomic E-state index is 0. The van der Waals surface area contributed by atoms with Gasteiger partial charge >= 0.3 is 5.97 Å². The average Bonchev–Trinajstić information content (AvgIpc) is 2.00. The van der Waals surface area contributed by atoms with Crippen molar-refractivity contribution < 1.29 is 173 Å². The number of aryl methyl sites for hydroxylation is 1. The van der Waals surface area contributed by atoms with Gasteiger partial charge in [0.1, 0.15) is 6.10 Å². The molecule has 1 aliphatic rings. The second kappa shape index (κ2) is 50.1. The molecular formula is C70H103N15O2Re8-8. The molecule has 8 radical (unpaired) electrons. The van der Waals surface area contributed by atoms with Gasteiger partial charge in [0.25, 0.3) is 0 Å². The molecule has 1 unspecified atom stereocenters. The number of rotatable bonds is 0. The zero-order chi connectivity index (χ0) is 66.7. The largest absolute Gasteiger partial charge is 0.464 e. The Morgan fingerprint density at radius 2 is 1.06 bits per heavy atom. The van der Waals surface area contributed by atoms with E-state index >= 15 is 0 Å². The monoisotopic (exact) mass is 2680 g/mol. The standard InChI is InChI=1S/C9H12N.C8H13N2.3C8H11N2.C8H12O2.3C7H11N2.8Re/c1-9(2,3)8-4-6-10-7-5-8;1-8(2,3)7-5-9-10(4)6-7;2*1-8(2,3)7-4-5-9-6-10-7;1-8(2,3)7-9-5-4-6-10-7;1-8(2,3)6-4-5-7(9)10-6;1-7(2,3)6-4-8-5-9-6;1-7(2,3)6-4-8-9-5-6;1-7(2,3)6-4-5-8-9-6;;;;;;;;/h4-6H,1-3H3;6H,1-4H3;4,6H,1-3H3;2*4-5H,1-3H3;4-6H,1-3H3;3*4H,1-3H3,(H,8,9);;;;;;;;/q5*-1;;3*-1;;;;;;;;. The first-order valence-electron chi connectivity index (χ1n) is 29.2. The van der Waals surface area contributed by atoms with Crippen LogP contribution in [-0.4, -0.2) is 87.1 Å². The normalized spacial score (nSPS) is 12.1. The first-order chi connectivity index (χ1) is 39.7. The Hall–Kier alpha value is -2.26. The van der Waals surface area contributed by atoms with Crippen LogP contribution in [0.5, 0.6) is 0 Å². The Morgan fingerprint density at radius 3 is 1.29 bits per heavy atom. The van der Waals surface area contributed by atoms with Crippen LogP contribution < -0.4 is 0 Å². The predicted molar refractivity (Wildman–Crippen MR) is 348 cm³/mol. The summed E-state index contributed by atoms with van der Waals surface area (Å²) in [5.41, 5.74) is 9.09. The van der Waals surface area contributed by atoms with Crippen LogP contribution in [0.4, 0.5) is 0 Å². The molecule has 0 fully saturated rings. The summed E-state index contributed by atoms with van der Waals surface area (Å²) in [5, 5.41) is 17.1. The molecular weight excluding hydrogens is 2570 g/mol. The quantitative estimate of drug-likeness (QED) is 0.0951. The van der Waals surface area contributed by atoms with Crippen molar-refractivity contribution in [3.8, 4) is 0 Å². The van der Waals surface area contributed by atoms with E-state index in [1.807, 2.05) is 76.6 Å². The molecule has 534 valence electrons. The van der Waals surface area contributed by atoms with Gasteiger partial charge in [0, 0.05) is 194 Å². The third kappa shape index (κ3) is 49.0. The molecule has 0 aliphatic carbocycles. The van der Waals surface area contributed by atoms with Gasteiger partial charge in [-0.25, -0.2) is 4.79 Å². The zero-order valence-corrected chi connectivity index (χ0v) is 82.7. The van der Waals surface area contributed by atoms with E-state index in [4.69, 9.17) is 4.74 Å². The molecule has 9 heterocycles. The van der Waals surface area contributed by atoms with Gasteiger partial charge in [0.2, 0.25) is 0 Å². The van der Waals surface area contributed by atoms with Gasteiger partial charge in [0.15, 0.2) is 0 Å². The molecule has 9 rings (SSSR count). The Kier molecular flexibility index (Phi) is 57.4. The van der Waals surface area contributed by atoms with Crippen molar-refractivity contribution in [3.05, 3.63) is 187 Å². The number of cyclic esters (lactones) is 1. The van der Waals surface area contributed by atoms with Gasteiger partial charge in [-0.3, -0.25) is 0 Å². The molecule has 25 heteroatoms. The maximum absolute atomic E-state index is 10.6. The number of hydrogen-bond acceptors (Lipinski definition) is 13. The number of aromatic amines is 3. The van der Waals surface area contributed by atoms with Crippen LogP contribution in [-0.2, 0) is 223 Å². The first-order valence-corrected chi connectivity index (χ1v) is 29.2. The van der Waals surface area contributed by atoms with Gasteiger partial charge in [-0.2, -0.15) is 29.3 Å². The van der Waals surface area contributed by atoms with Gasteiger partial charge in [-0.15, -0.1) is 72.3 Å². The van der Waals surface area contributed by atoms with Crippen LogP contribution >= 0.6 is 0 Å². The molecule has 8 aromatic heterocycles. The fourth-order valence-electron chi connectivity index (χ4n) is 6.15. The number of pyridine rings is 1. The van der Waals surface area contributed by atoms with Crippen molar-refractivity contribution >= 4 is 5.97 Å². The predicted octanol–water partition coefficient (Wildman–Crippen LogP) is 14.4. The summed E-state index contributed by atoms with van der Waals surface area (Å²) >= 11 is 0. The van der Waals surface area contributed by atoms with Gasteiger partial charge in [0.05, 0.1) is 0 Å². The molecule has 1 atom stereocenters. The van der Waals surface area contributed by atoms with E-state index in [-0.39, 0.29) is 224 Å². The Labute approximate surface area is 682 Å². The summed E-state index contributed by atoms with van der Waals surface area (Å²) in [4.78, 5) is 44.9. The number of ether oxygens (including phenoxy) is 1. The maximum Gasteiger partial charge on any atom is 0.331 e. The molecule has 0 amide bonds. The van der Waals surface area contributed by atoms with Gasteiger partial charge in [-0.1, -0.05) is 252 Å². The van der Waals surface area contributed by atoms with E-state index in [9.17, 15) is 4.79 Å². The van der Waals surface area contributed by atoms with Crippen molar-refractivity contribution in [1.29, 1.82) is 0 Å². The van der Waals surface area contributed by atoms with Gasteiger partial charge in [-0.05, 0) is 45.8 Å². The summed E-state index contributed by atoms with van der Waals surface area (Å²) in [6.45, 7) is 57.2. The molecule has 8 aromatic rings. The summed E-state index contributed by atoms with van der Waals surface area (Å²) in [6.07, 6.45) is 37.8. The molecule has 17 nitrogen and oxygen atoms in total. The molecule has 95 heavy (non-hydrogen) atoms. The van der Waals surface area contributed by atoms with Crippen LogP contribution in [0.2, 0.25) is 0 Å². The van der Waals surface area contributed by atoms with Crippen molar-refractivity contribution in [3.63, 3.8) is 0 Å². The molecule has 0 bridgehead atoms. The Morgan fingerprint density at radius 1 is 0.505 bits per heavy atom. The fraction of sp³-hybridized carbons (Fsp3) is 0.543. The number of imidazole rings is 1. The Balaban J connectivity index is -0.000000148. The zero-order valence-electron chi connectivity index (χ0n) is 60.9. The van der Waals surface area contributed by atoms with E-state index in [1.54, 1.807) is 35.5 Å². The van der Waals surface area contributed by atoms with Crippen LogP contribution in [0.25, 0.3) is 0 Å². The number of carbonyl (C=O) groups is 1. The van der Waals surface area contributed by atoms with Crippen LogP contribution in [0, 0.1) is 55.3 Å². The number of nitrogens with one attached hydrogen (secondary N) is 3. The molecule has 1 aliphatic heterocycles. The van der Waals surface area contributed by atoms with Gasteiger partial charge < -0.3 is 79.8 Å². The van der Waals surface area contributed by atoms with Crippen LogP contribution in [0.1, 0.15) is 232 Å². The molecule has 0 saturated heterocycles. The number of hydrogen-bond donors (Lipinski definition) is 3. The second-order valence-corrected chi connectivity index (χ2v) is 29.9. The van der Waals surface area contributed by atoms with Crippen molar-refractivity contribution in [2.75, 3.05) is 0 Å². The van der Waals surface area contributed by atoms with E-state index in [0.29, 0.717) is 0 Å². The first kappa shape index (κ1) is 109. The molecule has 0 saturated carbocycles. The van der Waals surface area contributed by atoms with Crippen molar-refractivity contribution in [2.45, 2.75) is 236 Å². The SMILES string of the molecule is CC(C)(C)C1C=CC(=O)O1.CC(C)(C)c1[c-]n[nH]c1.CC(C)(C)c1c[c-]n[nH]1.CC(C)(C)c1c[c-]ncc1.CC(C)(C)c1c[c-]ncn1.CC(C)(C)c1ccn[c-]n1.CC(C)(C)c1cn[c-][nH]1.CC(C)(C)c1n[c-]ccn1.Cn1cc(C(C)(C)C)[c-]n1.[Re].[Re].[Re].[Re].[Re].[Re].[Re].[Re]. The summed E-state index contributed by atoms with van der Waals surface area (Å²) in [5.74, 6) is 0.620. The fourth-order valence-corrected chi connectivity index (χ4v) is 6.15. The average molecular weight is 2680 g/mol. The molecule has 0 spiro atoms. The Bertz CT molecular complexity index is 2780. The smallest absolute Gasteiger partial charge is 0.331 e. The molecule has 3 N–H and O–H groups in total. The minimum Gasteiger partial charge on any atom is -0.464 e. The van der Waals surface area contributed by atoms with E-state index in [1.165, 1.54) is 18.0 Å². The number of nitrogens with zero attached hydrogens (tertiary/aromatic N) is 12. The number of aromatic nitrogens is 15. The van der Waals surface area contributed by atoms with Crippen molar-refractivity contribution in [1.82, 2.24) is 75.0 Å². The van der Waals surface area contributed by atoms with E-state index in [0.717, 1.165) is 39.7 Å². The summed E-state index contributed by atoms with van der Waals surface area (Å²) < 4.78 is 6.75. The van der Waals surface area contributed by atoms with E-state index < -0.39 is 0 Å².